The number of fused-ring (bicyclic) bond motifs is 1. The third kappa shape index (κ3) is 5.96. The standard InChI is InChI=1S/C21H32N2O2/c1-17-13-19-11-10-18(9-7-5-3-4-6-8-12-24)14-20(19)16-23(17)21(25)15-22-2/h10-12,14,17,22H,3-9,13,15-16H2,1-2H3. The zero-order valence-electron chi connectivity index (χ0n) is 15.7. The SMILES string of the molecule is CNCC(=O)N1Cc2cc(CCCCCCCC=O)ccc2CC1C. The smallest absolute Gasteiger partial charge is 0.237 e. The van der Waals surface area contributed by atoms with Gasteiger partial charge in [0.05, 0.1) is 6.54 Å². The monoisotopic (exact) mass is 344 g/mol. The van der Waals surface area contributed by atoms with Crippen molar-refractivity contribution in [1.29, 1.82) is 0 Å². The molecule has 138 valence electrons. The van der Waals surface area contributed by atoms with Crippen molar-refractivity contribution in [2.45, 2.75) is 70.9 Å². The molecular weight excluding hydrogens is 312 g/mol. The highest BCUT2D eigenvalue weighted by Gasteiger charge is 2.26. The Morgan fingerprint density at radius 3 is 2.72 bits per heavy atom. The Kier molecular flexibility index (Phi) is 8.13. The first-order valence-corrected chi connectivity index (χ1v) is 9.64. The number of hydrogen-bond acceptors (Lipinski definition) is 3. The van der Waals surface area contributed by atoms with Gasteiger partial charge in [-0.1, -0.05) is 37.5 Å². The topological polar surface area (TPSA) is 49.4 Å². The summed E-state index contributed by atoms with van der Waals surface area (Å²) < 4.78 is 0. The first kappa shape index (κ1) is 19.6. The van der Waals surface area contributed by atoms with Crippen LogP contribution in [0, 0.1) is 0 Å². The highest BCUT2D eigenvalue weighted by atomic mass is 16.2. The van der Waals surface area contributed by atoms with E-state index >= 15 is 0 Å². The fourth-order valence-corrected chi connectivity index (χ4v) is 3.62. The van der Waals surface area contributed by atoms with Gasteiger partial charge in [0.15, 0.2) is 0 Å². The average Bonchev–Trinajstić information content (AvgIpc) is 2.60. The molecule has 1 unspecified atom stereocenters. The van der Waals surface area contributed by atoms with Crippen molar-refractivity contribution in [2.24, 2.45) is 0 Å². The summed E-state index contributed by atoms with van der Waals surface area (Å²) in [6.07, 6.45) is 9.56. The Hall–Kier alpha value is -1.68. The number of amides is 1. The summed E-state index contributed by atoms with van der Waals surface area (Å²) in [6, 6.07) is 7.08. The number of nitrogens with one attached hydrogen (secondary N) is 1. The van der Waals surface area contributed by atoms with Gasteiger partial charge in [-0.05, 0) is 56.3 Å². The van der Waals surface area contributed by atoms with Crippen molar-refractivity contribution < 1.29 is 9.59 Å². The third-order valence-electron chi connectivity index (χ3n) is 5.09. The Bertz CT molecular complexity index is 571. The van der Waals surface area contributed by atoms with E-state index in [-0.39, 0.29) is 11.9 Å². The molecule has 0 saturated heterocycles. The third-order valence-corrected chi connectivity index (χ3v) is 5.09. The molecule has 0 fully saturated rings. The predicted molar refractivity (Wildman–Crippen MR) is 102 cm³/mol. The first-order valence-electron chi connectivity index (χ1n) is 9.64. The molecule has 0 spiro atoms. The average molecular weight is 344 g/mol. The minimum atomic E-state index is 0.182. The van der Waals surface area contributed by atoms with Gasteiger partial charge in [-0.25, -0.2) is 0 Å². The minimum absolute atomic E-state index is 0.182. The Labute approximate surface area is 152 Å². The normalized spacial score (nSPS) is 16.6. The summed E-state index contributed by atoms with van der Waals surface area (Å²) in [6.45, 7) is 3.27. The van der Waals surface area contributed by atoms with E-state index in [2.05, 4.69) is 30.4 Å². The Morgan fingerprint density at radius 1 is 1.20 bits per heavy atom. The maximum absolute atomic E-state index is 12.3. The van der Waals surface area contributed by atoms with E-state index in [1.165, 1.54) is 36.0 Å². The van der Waals surface area contributed by atoms with Crippen molar-refractivity contribution in [3.63, 3.8) is 0 Å². The number of nitrogens with zero attached hydrogens (tertiary/aromatic N) is 1. The van der Waals surface area contributed by atoms with Crippen molar-refractivity contribution in [2.75, 3.05) is 13.6 Å². The van der Waals surface area contributed by atoms with E-state index in [0.29, 0.717) is 13.0 Å². The lowest BCUT2D eigenvalue weighted by Crippen LogP contribution is -2.45. The zero-order valence-corrected chi connectivity index (χ0v) is 15.7. The summed E-state index contributed by atoms with van der Waals surface area (Å²) >= 11 is 0. The van der Waals surface area contributed by atoms with Crippen LogP contribution in [-0.4, -0.2) is 36.7 Å². The molecule has 0 bridgehead atoms. The predicted octanol–water partition coefficient (Wildman–Crippen LogP) is 3.26. The number of carbonyl (C=O) groups is 2. The van der Waals surface area contributed by atoms with Crippen LogP contribution >= 0.6 is 0 Å². The van der Waals surface area contributed by atoms with Crippen LogP contribution in [-0.2, 0) is 29.0 Å². The van der Waals surface area contributed by atoms with Crippen molar-refractivity contribution in [1.82, 2.24) is 10.2 Å². The van der Waals surface area contributed by atoms with Gasteiger partial charge in [0, 0.05) is 19.0 Å². The van der Waals surface area contributed by atoms with E-state index in [4.69, 9.17) is 0 Å². The van der Waals surface area contributed by atoms with Crippen LogP contribution in [0.15, 0.2) is 18.2 Å². The van der Waals surface area contributed by atoms with Gasteiger partial charge in [0.25, 0.3) is 0 Å². The molecule has 0 aliphatic carbocycles. The van der Waals surface area contributed by atoms with Crippen LogP contribution in [0.5, 0.6) is 0 Å². The fourth-order valence-electron chi connectivity index (χ4n) is 3.62. The summed E-state index contributed by atoms with van der Waals surface area (Å²) in [4.78, 5) is 24.5. The van der Waals surface area contributed by atoms with E-state index in [1.54, 1.807) is 0 Å². The maximum Gasteiger partial charge on any atom is 0.237 e. The highest BCUT2D eigenvalue weighted by molar-refractivity contribution is 5.79. The molecule has 1 N–H and O–H groups in total. The first-order chi connectivity index (χ1) is 12.2. The lowest BCUT2D eigenvalue weighted by atomic mass is 9.92. The van der Waals surface area contributed by atoms with Crippen LogP contribution in [0.2, 0.25) is 0 Å². The molecule has 1 aliphatic rings. The van der Waals surface area contributed by atoms with Crippen molar-refractivity contribution >= 4 is 12.2 Å². The van der Waals surface area contributed by atoms with Crippen LogP contribution in [0.4, 0.5) is 0 Å². The summed E-state index contributed by atoms with van der Waals surface area (Å²) in [5.41, 5.74) is 4.08. The molecule has 1 atom stereocenters. The quantitative estimate of drug-likeness (QED) is 0.523. The minimum Gasteiger partial charge on any atom is -0.334 e. The molecule has 1 amide bonds. The number of hydrogen-bond donors (Lipinski definition) is 1. The van der Waals surface area contributed by atoms with Crippen molar-refractivity contribution in [3.05, 3.63) is 34.9 Å². The number of benzene rings is 1. The molecule has 0 saturated carbocycles. The Morgan fingerprint density at radius 2 is 1.96 bits per heavy atom. The number of likely N-dealkylation sites (N-methyl/N-ethyl adjacent to an activating group) is 1. The van der Waals surface area contributed by atoms with E-state index < -0.39 is 0 Å². The number of carbonyl (C=O) groups excluding carboxylic acids is 2. The molecule has 1 heterocycles. The van der Waals surface area contributed by atoms with Gasteiger partial charge >= 0.3 is 0 Å². The molecule has 1 aliphatic heterocycles. The molecule has 2 rings (SSSR count). The van der Waals surface area contributed by atoms with Crippen LogP contribution < -0.4 is 5.32 Å². The van der Waals surface area contributed by atoms with Crippen LogP contribution in [0.1, 0.15) is 62.1 Å². The van der Waals surface area contributed by atoms with E-state index in [1.807, 2.05) is 11.9 Å². The largest absolute Gasteiger partial charge is 0.334 e. The van der Waals surface area contributed by atoms with Gasteiger partial charge in [0.1, 0.15) is 6.29 Å². The van der Waals surface area contributed by atoms with Gasteiger partial charge in [0.2, 0.25) is 5.91 Å². The lowest BCUT2D eigenvalue weighted by molar-refractivity contribution is -0.133. The Balaban J connectivity index is 1.85. The van der Waals surface area contributed by atoms with Crippen LogP contribution in [0.25, 0.3) is 0 Å². The molecule has 25 heavy (non-hydrogen) atoms. The highest BCUT2D eigenvalue weighted by Crippen LogP contribution is 2.25. The number of rotatable bonds is 10. The fraction of sp³-hybridized carbons (Fsp3) is 0.619. The van der Waals surface area contributed by atoms with Crippen molar-refractivity contribution in [3.8, 4) is 0 Å². The van der Waals surface area contributed by atoms with E-state index in [0.717, 1.165) is 38.5 Å². The number of aryl methyl sites for hydroxylation is 1. The summed E-state index contributed by atoms with van der Waals surface area (Å²) in [5.74, 6) is 0.182. The second-order valence-electron chi connectivity index (χ2n) is 7.18. The molecule has 1 aromatic rings. The van der Waals surface area contributed by atoms with Gasteiger partial charge in [-0.3, -0.25) is 4.79 Å². The number of unbranched alkanes of at least 4 members (excludes halogenated alkanes) is 5. The molecule has 4 nitrogen and oxygen atoms in total. The molecule has 4 heteroatoms. The second kappa shape index (κ2) is 10.3. The maximum atomic E-state index is 12.3. The molecule has 0 radical (unpaired) electrons. The van der Waals surface area contributed by atoms with Gasteiger partial charge < -0.3 is 15.0 Å². The zero-order chi connectivity index (χ0) is 18.1. The summed E-state index contributed by atoms with van der Waals surface area (Å²) in [5, 5.41) is 2.96. The molecule has 1 aromatic carbocycles. The molecule has 0 aromatic heterocycles. The van der Waals surface area contributed by atoms with Gasteiger partial charge in [-0.15, -0.1) is 0 Å². The van der Waals surface area contributed by atoms with E-state index in [9.17, 15) is 9.59 Å². The lowest BCUT2D eigenvalue weighted by Gasteiger charge is -2.35. The molecular formula is C21H32N2O2. The van der Waals surface area contributed by atoms with Crippen LogP contribution in [0.3, 0.4) is 0 Å². The number of aldehydes is 1. The summed E-state index contributed by atoms with van der Waals surface area (Å²) in [7, 11) is 1.82. The second-order valence-corrected chi connectivity index (χ2v) is 7.18. The van der Waals surface area contributed by atoms with Gasteiger partial charge in [-0.2, -0.15) is 0 Å².